The second-order valence-electron chi connectivity index (χ2n) is 2.26. The lowest BCUT2D eigenvalue weighted by molar-refractivity contribution is 0.127. The SMILES string of the molecule is Cc1ncn(CC(F)F)c1N. The molecule has 0 aliphatic heterocycles. The third-order valence-corrected chi connectivity index (χ3v) is 1.41. The van der Waals surface area contributed by atoms with Gasteiger partial charge in [0.25, 0.3) is 6.43 Å². The van der Waals surface area contributed by atoms with Crippen molar-refractivity contribution in [2.45, 2.75) is 19.9 Å². The minimum absolute atomic E-state index is 0.310. The average Bonchev–Trinajstić information content (AvgIpc) is 2.18. The predicted octanol–water partition coefficient (Wildman–Crippen LogP) is 1.04. The summed E-state index contributed by atoms with van der Waals surface area (Å²) in [4.78, 5) is 3.77. The van der Waals surface area contributed by atoms with Crippen molar-refractivity contribution in [2.75, 3.05) is 5.73 Å². The van der Waals surface area contributed by atoms with E-state index < -0.39 is 6.43 Å². The van der Waals surface area contributed by atoms with Gasteiger partial charge < -0.3 is 10.3 Å². The quantitative estimate of drug-likeness (QED) is 0.704. The number of imidazole rings is 1. The highest BCUT2D eigenvalue weighted by Crippen LogP contribution is 2.09. The number of hydrogen-bond acceptors (Lipinski definition) is 2. The fourth-order valence-corrected chi connectivity index (χ4v) is 0.787. The Morgan fingerprint density at radius 3 is 2.73 bits per heavy atom. The molecule has 0 saturated carbocycles. The highest BCUT2D eigenvalue weighted by molar-refractivity contribution is 5.34. The van der Waals surface area contributed by atoms with E-state index in [0.717, 1.165) is 0 Å². The maximum absolute atomic E-state index is 11.8. The van der Waals surface area contributed by atoms with Crippen LogP contribution in [0.15, 0.2) is 6.33 Å². The van der Waals surface area contributed by atoms with E-state index in [1.54, 1.807) is 6.92 Å². The van der Waals surface area contributed by atoms with Gasteiger partial charge in [0.1, 0.15) is 5.82 Å². The third kappa shape index (κ3) is 1.66. The number of alkyl halides is 2. The molecule has 0 aliphatic carbocycles. The summed E-state index contributed by atoms with van der Waals surface area (Å²) in [5, 5.41) is 0. The first-order chi connectivity index (χ1) is 5.11. The summed E-state index contributed by atoms with van der Waals surface area (Å²) < 4.78 is 24.8. The summed E-state index contributed by atoms with van der Waals surface area (Å²) in [5.74, 6) is 0.310. The Morgan fingerprint density at radius 1 is 1.73 bits per heavy atom. The van der Waals surface area contributed by atoms with Gasteiger partial charge in [0.2, 0.25) is 0 Å². The Bertz CT molecular complexity index is 244. The Balaban J connectivity index is 2.79. The monoisotopic (exact) mass is 161 g/mol. The summed E-state index contributed by atoms with van der Waals surface area (Å²) in [7, 11) is 0. The van der Waals surface area contributed by atoms with Crippen LogP contribution in [-0.4, -0.2) is 16.0 Å². The number of hydrogen-bond donors (Lipinski definition) is 1. The van der Waals surface area contributed by atoms with E-state index in [1.165, 1.54) is 10.9 Å². The van der Waals surface area contributed by atoms with Gasteiger partial charge in [-0.15, -0.1) is 0 Å². The van der Waals surface area contributed by atoms with Crippen LogP contribution in [-0.2, 0) is 6.54 Å². The lowest BCUT2D eigenvalue weighted by Gasteiger charge is -2.02. The van der Waals surface area contributed by atoms with Crippen molar-refractivity contribution in [3.05, 3.63) is 12.0 Å². The molecular formula is C6H9F2N3. The molecule has 0 amide bonds. The van der Waals surface area contributed by atoms with Crippen LogP contribution in [0.2, 0.25) is 0 Å². The molecular weight excluding hydrogens is 152 g/mol. The Kier molecular flexibility index (Phi) is 2.07. The minimum Gasteiger partial charge on any atom is -0.384 e. The number of nitrogens with zero attached hydrogens (tertiary/aromatic N) is 2. The van der Waals surface area contributed by atoms with Crippen molar-refractivity contribution in [3.8, 4) is 0 Å². The van der Waals surface area contributed by atoms with Crippen molar-refractivity contribution in [1.82, 2.24) is 9.55 Å². The van der Waals surface area contributed by atoms with Gasteiger partial charge in [-0.25, -0.2) is 13.8 Å². The van der Waals surface area contributed by atoms with Gasteiger partial charge in [0.15, 0.2) is 0 Å². The topological polar surface area (TPSA) is 43.8 Å². The summed E-state index contributed by atoms with van der Waals surface area (Å²) in [6.45, 7) is 1.30. The van der Waals surface area contributed by atoms with Gasteiger partial charge in [-0.05, 0) is 6.92 Å². The van der Waals surface area contributed by atoms with E-state index >= 15 is 0 Å². The van der Waals surface area contributed by atoms with Crippen LogP contribution in [0, 0.1) is 6.92 Å². The maximum atomic E-state index is 11.8. The molecule has 0 radical (unpaired) electrons. The van der Waals surface area contributed by atoms with E-state index in [4.69, 9.17) is 5.73 Å². The highest BCUT2D eigenvalue weighted by Gasteiger charge is 2.07. The van der Waals surface area contributed by atoms with Crippen LogP contribution in [0.4, 0.5) is 14.6 Å². The summed E-state index contributed by atoms with van der Waals surface area (Å²) in [5.41, 5.74) is 6.01. The molecule has 0 unspecified atom stereocenters. The van der Waals surface area contributed by atoms with Gasteiger partial charge in [-0.3, -0.25) is 0 Å². The first kappa shape index (κ1) is 7.97. The van der Waals surface area contributed by atoms with E-state index in [9.17, 15) is 8.78 Å². The van der Waals surface area contributed by atoms with Crippen LogP contribution < -0.4 is 5.73 Å². The van der Waals surface area contributed by atoms with Crippen molar-refractivity contribution in [2.24, 2.45) is 0 Å². The molecule has 0 spiro atoms. The zero-order valence-electron chi connectivity index (χ0n) is 6.09. The van der Waals surface area contributed by atoms with E-state index in [1.807, 2.05) is 0 Å². The van der Waals surface area contributed by atoms with Gasteiger partial charge in [0, 0.05) is 0 Å². The zero-order valence-corrected chi connectivity index (χ0v) is 6.09. The number of aryl methyl sites for hydroxylation is 1. The van der Waals surface area contributed by atoms with E-state index in [0.29, 0.717) is 11.5 Å². The zero-order chi connectivity index (χ0) is 8.43. The molecule has 62 valence electrons. The fourth-order valence-electron chi connectivity index (χ4n) is 0.787. The van der Waals surface area contributed by atoms with E-state index in [-0.39, 0.29) is 6.54 Å². The van der Waals surface area contributed by atoms with Crippen molar-refractivity contribution >= 4 is 5.82 Å². The van der Waals surface area contributed by atoms with Crippen LogP contribution in [0.5, 0.6) is 0 Å². The molecule has 0 aromatic carbocycles. The molecule has 1 aromatic rings. The van der Waals surface area contributed by atoms with Crippen LogP contribution in [0.3, 0.4) is 0 Å². The number of nitrogen functional groups attached to an aromatic ring is 1. The number of anilines is 1. The fraction of sp³-hybridized carbons (Fsp3) is 0.500. The van der Waals surface area contributed by atoms with E-state index in [2.05, 4.69) is 4.98 Å². The molecule has 5 heteroatoms. The van der Waals surface area contributed by atoms with Crippen LogP contribution in [0.25, 0.3) is 0 Å². The first-order valence-electron chi connectivity index (χ1n) is 3.16. The highest BCUT2D eigenvalue weighted by atomic mass is 19.3. The molecule has 0 aliphatic rings. The Hall–Kier alpha value is -1.13. The normalized spacial score (nSPS) is 10.9. The molecule has 1 heterocycles. The molecule has 0 bridgehead atoms. The largest absolute Gasteiger partial charge is 0.384 e. The second-order valence-corrected chi connectivity index (χ2v) is 2.26. The summed E-state index contributed by atoms with van der Waals surface area (Å²) >= 11 is 0. The molecule has 1 aromatic heterocycles. The standard InChI is InChI=1S/C6H9F2N3/c1-4-6(9)11(3-10-4)2-5(7)8/h3,5H,2,9H2,1H3. The molecule has 2 N–H and O–H groups in total. The van der Waals surface area contributed by atoms with Gasteiger partial charge >= 0.3 is 0 Å². The number of aromatic nitrogens is 2. The molecule has 1 rings (SSSR count). The molecule has 0 fully saturated rings. The summed E-state index contributed by atoms with van der Waals surface area (Å²) in [6, 6.07) is 0. The first-order valence-corrected chi connectivity index (χ1v) is 3.16. The predicted molar refractivity (Wildman–Crippen MR) is 37.4 cm³/mol. The maximum Gasteiger partial charge on any atom is 0.256 e. The number of rotatable bonds is 2. The molecule has 0 saturated heterocycles. The lowest BCUT2D eigenvalue weighted by atomic mass is 10.5. The number of halogens is 2. The van der Waals surface area contributed by atoms with Crippen molar-refractivity contribution < 1.29 is 8.78 Å². The van der Waals surface area contributed by atoms with Gasteiger partial charge in [-0.1, -0.05) is 0 Å². The summed E-state index contributed by atoms with van der Waals surface area (Å²) in [6.07, 6.45) is -1.07. The van der Waals surface area contributed by atoms with Crippen LogP contribution in [0.1, 0.15) is 5.69 Å². The molecule has 11 heavy (non-hydrogen) atoms. The van der Waals surface area contributed by atoms with Crippen LogP contribution >= 0.6 is 0 Å². The number of nitrogens with two attached hydrogens (primary N) is 1. The molecule has 3 nitrogen and oxygen atoms in total. The van der Waals surface area contributed by atoms with Gasteiger partial charge in [-0.2, -0.15) is 0 Å². The Labute approximate surface area is 62.8 Å². The lowest BCUT2D eigenvalue weighted by Crippen LogP contribution is -2.08. The average molecular weight is 161 g/mol. The Morgan fingerprint density at radius 2 is 2.36 bits per heavy atom. The van der Waals surface area contributed by atoms with Crippen molar-refractivity contribution in [3.63, 3.8) is 0 Å². The second kappa shape index (κ2) is 2.86. The van der Waals surface area contributed by atoms with Gasteiger partial charge in [0.05, 0.1) is 18.6 Å². The third-order valence-electron chi connectivity index (χ3n) is 1.41. The van der Waals surface area contributed by atoms with Crippen molar-refractivity contribution in [1.29, 1.82) is 0 Å². The smallest absolute Gasteiger partial charge is 0.256 e. The minimum atomic E-state index is -2.38. The molecule has 0 atom stereocenters.